The van der Waals surface area contributed by atoms with Gasteiger partial charge >= 0.3 is 0 Å². The highest BCUT2D eigenvalue weighted by Gasteiger charge is 2.41. The zero-order valence-corrected chi connectivity index (χ0v) is 13.9. The van der Waals surface area contributed by atoms with Crippen LogP contribution in [0.2, 0.25) is 0 Å². The van der Waals surface area contributed by atoms with E-state index in [1.54, 1.807) is 0 Å². The molecule has 1 aliphatic rings. The lowest BCUT2D eigenvalue weighted by Gasteiger charge is -2.42. The second kappa shape index (κ2) is 5.53. The van der Waals surface area contributed by atoms with Gasteiger partial charge in [-0.2, -0.15) is 0 Å². The number of nitrogens with zero attached hydrogens (tertiary/aromatic N) is 1. The second-order valence-electron chi connectivity index (χ2n) is 6.94. The van der Waals surface area contributed by atoms with Crippen molar-refractivity contribution in [2.75, 3.05) is 6.54 Å². The maximum atomic E-state index is 5.00. The third-order valence-corrected chi connectivity index (χ3v) is 5.47. The van der Waals surface area contributed by atoms with E-state index in [1.165, 1.54) is 36.4 Å². The van der Waals surface area contributed by atoms with Crippen molar-refractivity contribution in [3.63, 3.8) is 0 Å². The van der Waals surface area contributed by atoms with Crippen LogP contribution in [0.5, 0.6) is 0 Å². The van der Waals surface area contributed by atoms with Crippen LogP contribution in [0.3, 0.4) is 0 Å². The van der Waals surface area contributed by atoms with Crippen LogP contribution in [0.15, 0.2) is 5.38 Å². The van der Waals surface area contributed by atoms with Crippen LogP contribution in [0.1, 0.15) is 71.0 Å². The minimum atomic E-state index is 0.126. The van der Waals surface area contributed by atoms with Gasteiger partial charge in [-0.05, 0) is 25.3 Å². The first-order valence-electron chi connectivity index (χ1n) is 7.61. The molecule has 2 nitrogen and oxygen atoms in total. The van der Waals surface area contributed by atoms with Crippen LogP contribution < -0.4 is 5.32 Å². The van der Waals surface area contributed by atoms with Crippen molar-refractivity contribution >= 4 is 11.3 Å². The van der Waals surface area contributed by atoms with Gasteiger partial charge in [-0.25, -0.2) is 4.98 Å². The molecule has 0 spiro atoms. The van der Waals surface area contributed by atoms with Gasteiger partial charge in [0.25, 0.3) is 0 Å². The molecular formula is C16H28N2S. The molecule has 1 aromatic rings. The van der Waals surface area contributed by atoms with Crippen molar-refractivity contribution in [3.8, 4) is 0 Å². The van der Waals surface area contributed by atoms with Crippen LogP contribution in [0, 0.1) is 5.92 Å². The Labute approximate surface area is 122 Å². The Bertz CT molecular complexity index is 415. The average Bonchev–Trinajstić information content (AvgIpc) is 2.82. The van der Waals surface area contributed by atoms with Gasteiger partial charge in [0, 0.05) is 10.8 Å². The monoisotopic (exact) mass is 280 g/mol. The van der Waals surface area contributed by atoms with Crippen molar-refractivity contribution in [1.82, 2.24) is 10.3 Å². The molecule has 0 saturated heterocycles. The summed E-state index contributed by atoms with van der Waals surface area (Å²) in [6, 6.07) is 0. The Hall–Kier alpha value is -0.410. The fourth-order valence-corrected chi connectivity index (χ4v) is 4.51. The molecule has 2 rings (SSSR count). The largest absolute Gasteiger partial charge is 0.305 e. The van der Waals surface area contributed by atoms with Gasteiger partial charge in [0.2, 0.25) is 0 Å². The number of hydrogen-bond donors (Lipinski definition) is 1. The molecule has 0 bridgehead atoms. The van der Waals surface area contributed by atoms with E-state index in [0.717, 1.165) is 6.54 Å². The normalized spacial score (nSPS) is 28.6. The van der Waals surface area contributed by atoms with Crippen LogP contribution in [0.25, 0.3) is 0 Å². The molecule has 1 heterocycles. The lowest BCUT2D eigenvalue weighted by molar-refractivity contribution is 0.156. The Balaban J connectivity index is 2.36. The van der Waals surface area contributed by atoms with Gasteiger partial charge in [0.15, 0.2) is 0 Å². The topological polar surface area (TPSA) is 24.9 Å². The maximum absolute atomic E-state index is 5.00. The maximum Gasteiger partial charge on any atom is 0.113 e. The quantitative estimate of drug-likeness (QED) is 0.884. The predicted octanol–water partition coefficient (Wildman–Crippen LogP) is 4.46. The summed E-state index contributed by atoms with van der Waals surface area (Å²) in [6.45, 7) is 12.4. The highest BCUT2D eigenvalue weighted by Crippen LogP contribution is 2.43. The fourth-order valence-electron chi connectivity index (χ4n) is 3.14. The van der Waals surface area contributed by atoms with Gasteiger partial charge in [0.05, 0.1) is 11.2 Å². The molecule has 2 unspecified atom stereocenters. The lowest BCUT2D eigenvalue weighted by Crippen LogP contribution is -2.49. The van der Waals surface area contributed by atoms with E-state index in [2.05, 4.69) is 45.3 Å². The first-order chi connectivity index (χ1) is 8.90. The van der Waals surface area contributed by atoms with Gasteiger partial charge in [-0.15, -0.1) is 11.3 Å². The standard InChI is InChI=1S/C16H28N2S/c1-6-17-16(10-8-7-9-12(16)2)14-18-13(11-19-14)15(3,4)5/h11-12,17H,6-10H2,1-5H3. The summed E-state index contributed by atoms with van der Waals surface area (Å²) in [5.74, 6) is 0.681. The van der Waals surface area contributed by atoms with Crippen molar-refractivity contribution < 1.29 is 0 Å². The summed E-state index contributed by atoms with van der Waals surface area (Å²) in [5, 5.41) is 7.35. The Morgan fingerprint density at radius 2 is 2.16 bits per heavy atom. The molecule has 0 aromatic carbocycles. The molecule has 1 saturated carbocycles. The predicted molar refractivity (Wildman–Crippen MR) is 83.8 cm³/mol. The second-order valence-corrected chi connectivity index (χ2v) is 7.79. The first-order valence-corrected chi connectivity index (χ1v) is 8.49. The summed E-state index contributed by atoms with van der Waals surface area (Å²) >= 11 is 1.85. The van der Waals surface area contributed by atoms with Gasteiger partial charge in [-0.1, -0.05) is 47.5 Å². The van der Waals surface area contributed by atoms with Crippen molar-refractivity contribution in [2.24, 2.45) is 5.92 Å². The summed E-state index contributed by atoms with van der Waals surface area (Å²) in [5.41, 5.74) is 1.52. The molecule has 1 aliphatic carbocycles. The molecule has 3 heteroatoms. The Morgan fingerprint density at radius 3 is 2.68 bits per heavy atom. The number of nitrogens with one attached hydrogen (secondary N) is 1. The number of thiazole rings is 1. The number of hydrogen-bond acceptors (Lipinski definition) is 3. The summed E-state index contributed by atoms with van der Waals surface area (Å²) in [7, 11) is 0. The van der Waals surface area contributed by atoms with E-state index in [0.29, 0.717) is 5.92 Å². The number of aromatic nitrogens is 1. The van der Waals surface area contributed by atoms with Gasteiger partial charge < -0.3 is 5.32 Å². The van der Waals surface area contributed by atoms with Crippen LogP contribution in [-0.2, 0) is 11.0 Å². The summed E-state index contributed by atoms with van der Waals surface area (Å²) in [6.07, 6.45) is 5.24. The zero-order valence-electron chi connectivity index (χ0n) is 13.0. The number of rotatable bonds is 3. The zero-order chi connectivity index (χ0) is 14.1. The molecule has 1 fully saturated rings. The van der Waals surface area contributed by atoms with Crippen molar-refractivity contribution in [3.05, 3.63) is 16.1 Å². The molecule has 2 atom stereocenters. The van der Waals surface area contributed by atoms with Crippen LogP contribution >= 0.6 is 11.3 Å². The van der Waals surface area contributed by atoms with E-state index in [4.69, 9.17) is 4.98 Å². The highest BCUT2D eigenvalue weighted by molar-refractivity contribution is 7.09. The molecule has 0 amide bonds. The SMILES string of the molecule is CCNC1(c2nc(C(C)(C)C)cs2)CCCCC1C. The third kappa shape index (κ3) is 2.87. The van der Waals surface area contributed by atoms with Gasteiger partial charge in [0.1, 0.15) is 5.01 Å². The lowest BCUT2D eigenvalue weighted by atomic mass is 9.74. The van der Waals surface area contributed by atoms with E-state index < -0.39 is 0 Å². The molecule has 0 radical (unpaired) electrons. The van der Waals surface area contributed by atoms with Crippen LogP contribution in [-0.4, -0.2) is 11.5 Å². The highest BCUT2D eigenvalue weighted by atomic mass is 32.1. The first kappa shape index (κ1) is 15.0. The van der Waals surface area contributed by atoms with E-state index in [9.17, 15) is 0 Å². The molecule has 108 valence electrons. The molecule has 1 N–H and O–H groups in total. The van der Waals surface area contributed by atoms with Gasteiger partial charge in [-0.3, -0.25) is 0 Å². The van der Waals surface area contributed by atoms with Crippen molar-refractivity contribution in [1.29, 1.82) is 0 Å². The van der Waals surface area contributed by atoms with E-state index >= 15 is 0 Å². The fraction of sp³-hybridized carbons (Fsp3) is 0.812. The molecular weight excluding hydrogens is 252 g/mol. The minimum Gasteiger partial charge on any atom is -0.305 e. The van der Waals surface area contributed by atoms with E-state index in [1.807, 2.05) is 11.3 Å². The Kier molecular flexibility index (Phi) is 4.36. The smallest absolute Gasteiger partial charge is 0.113 e. The minimum absolute atomic E-state index is 0.126. The summed E-state index contributed by atoms with van der Waals surface area (Å²) < 4.78 is 0. The Morgan fingerprint density at radius 1 is 1.42 bits per heavy atom. The van der Waals surface area contributed by atoms with E-state index in [-0.39, 0.29) is 11.0 Å². The third-order valence-electron chi connectivity index (χ3n) is 4.45. The van der Waals surface area contributed by atoms with Crippen LogP contribution in [0.4, 0.5) is 0 Å². The molecule has 0 aliphatic heterocycles. The molecule has 19 heavy (non-hydrogen) atoms. The summed E-state index contributed by atoms with van der Waals surface area (Å²) in [4.78, 5) is 5.00. The van der Waals surface area contributed by atoms with Crippen molar-refractivity contribution in [2.45, 2.75) is 71.3 Å². The average molecular weight is 280 g/mol. The molecule has 1 aromatic heterocycles.